The van der Waals surface area contributed by atoms with E-state index < -0.39 is 0 Å². The van der Waals surface area contributed by atoms with Crippen LogP contribution in [0.3, 0.4) is 0 Å². The molecule has 0 saturated heterocycles. The number of carbonyl (C=O) groups excluding carboxylic acids is 1. The largest absolute Gasteiger partial charge is 0.322 e. The van der Waals surface area contributed by atoms with Gasteiger partial charge in [0.05, 0.1) is 5.56 Å². The number of hydrogen-bond acceptors (Lipinski definition) is 3. The Labute approximate surface area is 171 Å². The minimum absolute atomic E-state index is 0.345. The molecule has 134 valence electrons. The second-order valence-electron chi connectivity index (χ2n) is 5.85. The fourth-order valence-electron chi connectivity index (χ4n) is 2.41. The van der Waals surface area contributed by atoms with E-state index in [1.54, 1.807) is 18.2 Å². The minimum atomic E-state index is -0.345. The highest BCUT2D eigenvalue weighted by molar-refractivity contribution is 7.99. The molecule has 1 N–H and O–H groups in total. The molecule has 3 nitrogen and oxygen atoms in total. The fourth-order valence-corrected chi connectivity index (χ4v) is 3.81. The number of halogens is 2. The van der Waals surface area contributed by atoms with Crippen molar-refractivity contribution in [2.75, 3.05) is 5.32 Å². The van der Waals surface area contributed by atoms with Crippen LogP contribution in [0.1, 0.15) is 21.5 Å². The monoisotopic (exact) mass is 412 g/mol. The third kappa shape index (κ3) is 5.05. The molecule has 3 rings (SSSR count). The number of amides is 1. The van der Waals surface area contributed by atoms with Gasteiger partial charge in [0.25, 0.3) is 5.91 Å². The number of benzene rings is 3. The van der Waals surface area contributed by atoms with Gasteiger partial charge in [-0.1, -0.05) is 52.7 Å². The van der Waals surface area contributed by atoms with Crippen LogP contribution in [0.2, 0.25) is 10.0 Å². The SMILES string of the molecule is Cc1ccc(Sc2ccc(NC(=O)c3cc(Cl)cc(Cl)c3)cc2C#N)cc1. The molecule has 0 saturated carbocycles. The zero-order valence-electron chi connectivity index (χ0n) is 14.3. The summed E-state index contributed by atoms with van der Waals surface area (Å²) in [4.78, 5) is 14.3. The topological polar surface area (TPSA) is 52.9 Å². The Morgan fingerprint density at radius 3 is 2.30 bits per heavy atom. The average Bonchev–Trinajstić information content (AvgIpc) is 2.64. The first-order valence-electron chi connectivity index (χ1n) is 8.01. The molecule has 0 aliphatic heterocycles. The van der Waals surface area contributed by atoms with E-state index >= 15 is 0 Å². The van der Waals surface area contributed by atoms with Crippen LogP contribution in [0, 0.1) is 18.3 Å². The van der Waals surface area contributed by atoms with Crippen LogP contribution in [0.5, 0.6) is 0 Å². The maximum absolute atomic E-state index is 12.4. The number of carbonyl (C=O) groups is 1. The van der Waals surface area contributed by atoms with Gasteiger partial charge in [0.1, 0.15) is 6.07 Å². The molecular weight excluding hydrogens is 399 g/mol. The molecule has 3 aromatic rings. The molecule has 0 spiro atoms. The summed E-state index contributed by atoms with van der Waals surface area (Å²) in [6.45, 7) is 2.03. The van der Waals surface area contributed by atoms with E-state index in [2.05, 4.69) is 11.4 Å². The number of nitriles is 1. The lowest BCUT2D eigenvalue weighted by Gasteiger charge is -2.09. The van der Waals surface area contributed by atoms with Gasteiger partial charge in [-0.05, 0) is 55.5 Å². The summed E-state index contributed by atoms with van der Waals surface area (Å²) in [6, 6.07) is 20.1. The van der Waals surface area contributed by atoms with Crippen molar-refractivity contribution < 1.29 is 4.79 Å². The highest BCUT2D eigenvalue weighted by atomic mass is 35.5. The van der Waals surface area contributed by atoms with Gasteiger partial charge < -0.3 is 5.32 Å². The molecule has 0 atom stereocenters. The first-order valence-corrected chi connectivity index (χ1v) is 9.58. The van der Waals surface area contributed by atoms with Crippen LogP contribution in [-0.2, 0) is 0 Å². The molecule has 0 radical (unpaired) electrons. The first kappa shape index (κ1) is 19.3. The van der Waals surface area contributed by atoms with Crippen molar-refractivity contribution in [2.24, 2.45) is 0 Å². The third-order valence-electron chi connectivity index (χ3n) is 3.73. The van der Waals surface area contributed by atoms with E-state index in [9.17, 15) is 10.1 Å². The highest BCUT2D eigenvalue weighted by Gasteiger charge is 2.11. The standard InChI is InChI=1S/C21H14Cl2N2OS/c1-13-2-5-19(6-3-13)27-20-7-4-18(10-15(20)12-24)25-21(26)14-8-16(22)11-17(23)9-14/h2-11H,1H3,(H,25,26). The van der Waals surface area contributed by atoms with Gasteiger partial charge in [-0.25, -0.2) is 0 Å². The normalized spacial score (nSPS) is 10.3. The number of nitrogens with zero attached hydrogens (tertiary/aromatic N) is 1. The lowest BCUT2D eigenvalue weighted by Crippen LogP contribution is -2.12. The molecule has 0 bridgehead atoms. The lowest BCUT2D eigenvalue weighted by atomic mass is 10.2. The van der Waals surface area contributed by atoms with E-state index in [0.717, 1.165) is 9.79 Å². The predicted octanol–water partition coefficient (Wildman–Crippen LogP) is 6.58. The number of nitrogens with one attached hydrogen (secondary N) is 1. The van der Waals surface area contributed by atoms with Gasteiger partial charge in [-0.2, -0.15) is 5.26 Å². The Kier molecular flexibility index (Phi) is 6.08. The van der Waals surface area contributed by atoms with Crippen molar-refractivity contribution in [3.05, 3.63) is 87.4 Å². The maximum Gasteiger partial charge on any atom is 0.255 e. The molecular formula is C21H14Cl2N2OS. The Morgan fingerprint density at radius 1 is 1.00 bits per heavy atom. The molecule has 1 amide bonds. The quantitative estimate of drug-likeness (QED) is 0.526. The van der Waals surface area contributed by atoms with E-state index in [1.807, 2.05) is 37.3 Å². The summed E-state index contributed by atoms with van der Waals surface area (Å²) < 4.78 is 0. The highest BCUT2D eigenvalue weighted by Crippen LogP contribution is 2.32. The molecule has 0 fully saturated rings. The van der Waals surface area contributed by atoms with Crippen molar-refractivity contribution in [2.45, 2.75) is 16.7 Å². The van der Waals surface area contributed by atoms with Crippen LogP contribution in [0.25, 0.3) is 0 Å². The number of rotatable bonds is 4. The van der Waals surface area contributed by atoms with Crippen molar-refractivity contribution in [3.8, 4) is 6.07 Å². The van der Waals surface area contributed by atoms with Gasteiger partial charge in [0.2, 0.25) is 0 Å². The van der Waals surface area contributed by atoms with Crippen LogP contribution in [0.4, 0.5) is 5.69 Å². The summed E-state index contributed by atoms with van der Waals surface area (Å²) in [5, 5.41) is 13.0. The molecule has 0 aliphatic carbocycles. The molecule has 27 heavy (non-hydrogen) atoms. The summed E-state index contributed by atoms with van der Waals surface area (Å²) in [7, 11) is 0. The molecule has 3 aromatic carbocycles. The predicted molar refractivity (Wildman–Crippen MR) is 111 cm³/mol. The number of aryl methyl sites for hydroxylation is 1. The van der Waals surface area contributed by atoms with Crippen LogP contribution < -0.4 is 5.32 Å². The van der Waals surface area contributed by atoms with Crippen molar-refractivity contribution >= 4 is 46.6 Å². The van der Waals surface area contributed by atoms with E-state index in [-0.39, 0.29) is 5.91 Å². The molecule has 0 unspecified atom stereocenters. The zero-order chi connectivity index (χ0) is 19.4. The van der Waals surface area contributed by atoms with E-state index in [4.69, 9.17) is 23.2 Å². The molecule has 0 heterocycles. The Morgan fingerprint density at radius 2 is 1.67 bits per heavy atom. The van der Waals surface area contributed by atoms with Gasteiger partial charge in [0, 0.05) is 31.1 Å². The van der Waals surface area contributed by atoms with E-state index in [1.165, 1.54) is 29.5 Å². The third-order valence-corrected chi connectivity index (χ3v) is 5.25. The summed E-state index contributed by atoms with van der Waals surface area (Å²) >= 11 is 13.4. The summed E-state index contributed by atoms with van der Waals surface area (Å²) in [5.74, 6) is -0.345. The van der Waals surface area contributed by atoms with Gasteiger partial charge in [-0.15, -0.1) is 0 Å². The lowest BCUT2D eigenvalue weighted by molar-refractivity contribution is 0.102. The Hall–Kier alpha value is -2.45. The van der Waals surface area contributed by atoms with Crippen LogP contribution >= 0.6 is 35.0 Å². The Balaban J connectivity index is 1.80. The fraction of sp³-hybridized carbons (Fsp3) is 0.0476. The number of anilines is 1. The van der Waals surface area contributed by atoms with Crippen LogP contribution in [0.15, 0.2) is 70.5 Å². The van der Waals surface area contributed by atoms with Crippen molar-refractivity contribution in [1.29, 1.82) is 5.26 Å². The maximum atomic E-state index is 12.4. The van der Waals surface area contributed by atoms with Gasteiger partial charge in [-0.3, -0.25) is 4.79 Å². The minimum Gasteiger partial charge on any atom is -0.322 e. The average molecular weight is 413 g/mol. The smallest absolute Gasteiger partial charge is 0.255 e. The first-order chi connectivity index (χ1) is 12.9. The van der Waals surface area contributed by atoms with Crippen molar-refractivity contribution in [3.63, 3.8) is 0 Å². The summed E-state index contributed by atoms with van der Waals surface area (Å²) in [6.07, 6.45) is 0. The zero-order valence-corrected chi connectivity index (χ0v) is 16.6. The molecule has 6 heteroatoms. The number of hydrogen-bond donors (Lipinski definition) is 1. The van der Waals surface area contributed by atoms with Gasteiger partial charge in [0.15, 0.2) is 0 Å². The van der Waals surface area contributed by atoms with E-state index in [0.29, 0.717) is 26.9 Å². The Bertz CT molecular complexity index is 1020. The molecule has 0 aliphatic rings. The summed E-state index contributed by atoms with van der Waals surface area (Å²) in [5.41, 5.74) is 2.55. The van der Waals surface area contributed by atoms with Gasteiger partial charge >= 0.3 is 0 Å². The van der Waals surface area contributed by atoms with Crippen molar-refractivity contribution in [1.82, 2.24) is 0 Å². The van der Waals surface area contributed by atoms with Crippen LogP contribution in [-0.4, -0.2) is 5.91 Å². The second kappa shape index (κ2) is 8.49. The second-order valence-corrected chi connectivity index (χ2v) is 7.84. The molecule has 0 aromatic heterocycles.